The summed E-state index contributed by atoms with van der Waals surface area (Å²) < 4.78 is 0. The SMILES string of the molecule is CCCN(CC1CC1)C(=O)CSC1=C(C#N)C(C)(C)[C@H](C#N)C(=O)N1. The fourth-order valence-electron chi connectivity index (χ4n) is 2.96. The van der Waals surface area contributed by atoms with Gasteiger partial charge in [-0.05, 0) is 25.2 Å². The maximum Gasteiger partial charge on any atom is 0.243 e. The molecule has 2 amide bonds. The molecule has 1 aliphatic heterocycles. The number of thioether (sulfide) groups is 1. The van der Waals surface area contributed by atoms with Gasteiger partial charge in [0, 0.05) is 18.5 Å². The van der Waals surface area contributed by atoms with Gasteiger partial charge in [0.1, 0.15) is 5.92 Å². The zero-order valence-corrected chi connectivity index (χ0v) is 15.8. The zero-order valence-electron chi connectivity index (χ0n) is 15.0. The highest BCUT2D eigenvalue weighted by molar-refractivity contribution is 8.03. The second kappa shape index (κ2) is 7.93. The highest BCUT2D eigenvalue weighted by atomic mass is 32.2. The number of rotatable bonds is 7. The van der Waals surface area contributed by atoms with Gasteiger partial charge in [0.2, 0.25) is 11.8 Å². The number of hydrogen-bond acceptors (Lipinski definition) is 5. The van der Waals surface area contributed by atoms with Crippen LogP contribution in [0, 0.1) is 39.9 Å². The van der Waals surface area contributed by atoms with Crippen LogP contribution in [0.15, 0.2) is 10.6 Å². The highest BCUT2D eigenvalue weighted by Crippen LogP contribution is 2.41. The molecule has 2 aliphatic rings. The van der Waals surface area contributed by atoms with Gasteiger partial charge in [-0.25, -0.2) is 0 Å². The van der Waals surface area contributed by atoms with E-state index < -0.39 is 17.2 Å². The molecule has 0 unspecified atom stereocenters. The third-order valence-corrected chi connectivity index (χ3v) is 5.68. The second-order valence-electron chi connectivity index (χ2n) is 7.16. The Kier molecular flexibility index (Phi) is 6.13. The van der Waals surface area contributed by atoms with Crippen LogP contribution in [0.25, 0.3) is 0 Å². The maximum atomic E-state index is 12.5. The van der Waals surface area contributed by atoms with Crippen LogP contribution in [-0.2, 0) is 9.59 Å². The smallest absolute Gasteiger partial charge is 0.243 e. The minimum absolute atomic E-state index is 0.0259. The van der Waals surface area contributed by atoms with Crippen molar-refractivity contribution >= 4 is 23.6 Å². The van der Waals surface area contributed by atoms with Gasteiger partial charge in [0.15, 0.2) is 0 Å². The molecular weight excluding hydrogens is 336 g/mol. The van der Waals surface area contributed by atoms with E-state index in [-0.39, 0.29) is 11.7 Å². The third kappa shape index (κ3) is 4.35. The van der Waals surface area contributed by atoms with Crippen LogP contribution in [0.5, 0.6) is 0 Å². The van der Waals surface area contributed by atoms with Gasteiger partial charge in [0.25, 0.3) is 0 Å². The lowest BCUT2D eigenvalue weighted by atomic mass is 9.72. The zero-order chi connectivity index (χ0) is 18.6. The van der Waals surface area contributed by atoms with Gasteiger partial charge in [-0.15, -0.1) is 0 Å². The molecule has 1 fully saturated rings. The summed E-state index contributed by atoms with van der Waals surface area (Å²) in [7, 11) is 0. The van der Waals surface area contributed by atoms with Crippen molar-refractivity contribution in [2.75, 3.05) is 18.8 Å². The van der Waals surface area contributed by atoms with Crippen molar-refractivity contribution in [3.8, 4) is 12.1 Å². The predicted octanol–water partition coefficient (Wildman–Crippen LogP) is 2.40. The predicted molar refractivity (Wildman–Crippen MR) is 95.7 cm³/mol. The molecule has 0 aromatic carbocycles. The van der Waals surface area contributed by atoms with E-state index in [9.17, 15) is 20.1 Å². The van der Waals surface area contributed by atoms with E-state index in [2.05, 4.69) is 11.4 Å². The number of nitriles is 2. The standard InChI is InChI=1S/C18H24N4O2S/c1-4-7-22(10-12-5-6-12)15(23)11-25-17-14(9-20)18(2,3)13(8-19)16(24)21-17/h12-13H,4-7,10-11H2,1-3H3,(H,21,24)/t13-/m1/s1. The lowest BCUT2D eigenvalue weighted by Gasteiger charge is -2.34. The third-order valence-electron chi connectivity index (χ3n) is 4.69. The topological polar surface area (TPSA) is 97.0 Å². The normalized spacial score (nSPS) is 22.0. The number of hydrogen-bond donors (Lipinski definition) is 1. The molecule has 0 bridgehead atoms. The first-order valence-electron chi connectivity index (χ1n) is 8.61. The van der Waals surface area contributed by atoms with E-state index in [0.717, 1.165) is 19.5 Å². The largest absolute Gasteiger partial charge is 0.342 e. The molecule has 0 saturated heterocycles. The number of carbonyl (C=O) groups excluding carboxylic acids is 2. The molecule has 0 spiro atoms. The van der Waals surface area contributed by atoms with E-state index in [1.54, 1.807) is 13.8 Å². The first-order valence-corrected chi connectivity index (χ1v) is 9.59. The van der Waals surface area contributed by atoms with Crippen LogP contribution >= 0.6 is 11.8 Å². The summed E-state index contributed by atoms with van der Waals surface area (Å²) in [5.41, 5.74) is -0.505. The van der Waals surface area contributed by atoms with Crippen molar-refractivity contribution in [3.05, 3.63) is 10.6 Å². The average Bonchev–Trinajstić information content (AvgIpc) is 3.35. The Morgan fingerprint density at radius 2 is 2.08 bits per heavy atom. The summed E-state index contributed by atoms with van der Waals surface area (Å²) in [5.74, 6) is -0.489. The lowest BCUT2D eigenvalue weighted by molar-refractivity contribution is -0.129. The van der Waals surface area contributed by atoms with E-state index in [1.807, 2.05) is 17.9 Å². The maximum absolute atomic E-state index is 12.5. The summed E-state index contributed by atoms with van der Waals surface area (Å²) in [6, 6.07) is 4.09. The van der Waals surface area contributed by atoms with Crippen molar-refractivity contribution in [3.63, 3.8) is 0 Å². The van der Waals surface area contributed by atoms with Crippen molar-refractivity contribution in [2.45, 2.75) is 40.0 Å². The van der Waals surface area contributed by atoms with Crippen molar-refractivity contribution in [1.29, 1.82) is 10.5 Å². The van der Waals surface area contributed by atoms with Crippen LogP contribution in [0.4, 0.5) is 0 Å². The van der Waals surface area contributed by atoms with Crippen LogP contribution in [0.1, 0.15) is 40.0 Å². The molecule has 1 aliphatic carbocycles. The van der Waals surface area contributed by atoms with Gasteiger partial charge >= 0.3 is 0 Å². The molecule has 1 N–H and O–H groups in total. The molecule has 0 aromatic rings. The number of allylic oxidation sites excluding steroid dienone is 1. The fourth-order valence-corrected chi connectivity index (χ4v) is 4.04. The van der Waals surface area contributed by atoms with Gasteiger partial charge in [-0.2, -0.15) is 10.5 Å². The summed E-state index contributed by atoms with van der Waals surface area (Å²) in [4.78, 5) is 26.6. The second-order valence-corrected chi connectivity index (χ2v) is 8.15. The number of nitrogens with one attached hydrogen (secondary N) is 1. The quantitative estimate of drug-likeness (QED) is 0.752. The van der Waals surface area contributed by atoms with E-state index in [4.69, 9.17) is 0 Å². The molecule has 1 heterocycles. The molecule has 0 radical (unpaired) electrons. The molecule has 0 aromatic heterocycles. The number of carbonyl (C=O) groups is 2. The Morgan fingerprint density at radius 1 is 1.40 bits per heavy atom. The summed E-state index contributed by atoms with van der Waals surface area (Å²) >= 11 is 1.18. The van der Waals surface area contributed by atoms with Crippen molar-refractivity contribution in [2.24, 2.45) is 17.3 Å². The number of nitrogens with zero attached hydrogens (tertiary/aromatic N) is 3. The summed E-state index contributed by atoms with van der Waals surface area (Å²) in [6.45, 7) is 7.01. The first-order chi connectivity index (χ1) is 11.8. The Hall–Kier alpha value is -1.99. The molecular formula is C18H24N4O2S. The molecule has 25 heavy (non-hydrogen) atoms. The van der Waals surface area contributed by atoms with Crippen LogP contribution in [-0.4, -0.2) is 35.6 Å². The Labute approximate surface area is 153 Å². The number of amides is 2. The Balaban J connectivity index is 2.10. The van der Waals surface area contributed by atoms with Crippen LogP contribution in [0.3, 0.4) is 0 Å². The molecule has 1 atom stereocenters. The minimum atomic E-state index is -0.909. The van der Waals surface area contributed by atoms with E-state index in [1.165, 1.54) is 24.6 Å². The van der Waals surface area contributed by atoms with Crippen molar-refractivity contribution < 1.29 is 9.59 Å². The van der Waals surface area contributed by atoms with Crippen molar-refractivity contribution in [1.82, 2.24) is 10.2 Å². The van der Waals surface area contributed by atoms with Gasteiger partial charge in [0.05, 0.1) is 28.5 Å². The van der Waals surface area contributed by atoms with E-state index in [0.29, 0.717) is 16.5 Å². The van der Waals surface area contributed by atoms with Crippen LogP contribution in [0.2, 0.25) is 0 Å². The molecule has 6 nitrogen and oxygen atoms in total. The summed E-state index contributed by atoms with van der Waals surface area (Å²) in [6.07, 6.45) is 3.28. The summed E-state index contributed by atoms with van der Waals surface area (Å²) in [5, 5.41) is 21.8. The Morgan fingerprint density at radius 3 is 2.60 bits per heavy atom. The minimum Gasteiger partial charge on any atom is -0.342 e. The molecule has 2 rings (SSSR count). The van der Waals surface area contributed by atoms with Gasteiger partial charge < -0.3 is 10.2 Å². The van der Waals surface area contributed by atoms with Gasteiger partial charge in [-0.3, -0.25) is 9.59 Å². The van der Waals surface area contributed by atoms with Gasteiger partial charge in [-0.1, -0.05) is 32.5 Å². The average molecular weight is 360 g/mol. The monoisotopic (exact) mass is 360 g/mol. The molecule has 7 heteroatoms. The Bertz CT molecular complexity index is 668. The molecule has 134 valence electrons. The van der Waals surface area contributed by atoms with Crippen LogP contribution < -0.4 is 5.32 Å². The van der Waals surface area contributed by atoms with E-state index >= 15 is 0 Å². The lowest BCUT2D eigenvalue weighted by Crippen LogP contribution is -2.45. The first kappa shape index (κ1) is 19.3. The fraction of sp³-hybridized carbons (Fsp3) is 0.667. The molecule has 1 saturated carbocycles. The highest BCUT2D eigenvalue weighted by Gasteiger charge is 2.44.